The number of carbonyl (C=O) groups is 2. The van der Waals surface area contributed by atoms with Crippen molar-refractivity contribution in [3.63, 3.8) is 0 Å². The zero-order valence-corrected chi connectivity index (χ0v) is 11.8. The number of rotatable bonds is 3. The van der Waals surface area contributed by atoms with Gasteiger partial charge in [0.2, 0.25) is 0 Å². The van der Waals surface area contributed by atoms with E-state index in [1.54, 1.807) is 6.92 Å². The second-order valence-electron chi connectivity index (χ2n) is 5.61. The molecule has 0 saturated heterocycles. The predicted octanol–water partition coefficient (Wildman–Crippen LogP) is 2.08. The van der Waals surface area contributed by atoms with E-state index in [0.29, 0.717) is 17.2 Å². The number of urea groups is 1. The Morgan fingerprint density at radius 1 is 1.32 bits per heavy atom. The van der Waals surface area contributed by atoms with Gasteiger partial charge in [-0.3, -0.25) is 0 Å². The van der Waals surface area contributed by atoms with Crippen LogP contribution in [0.3, 0.4) is 0 Å². The first-order chi connectivity index (χ1) is 8.99. The molecule has 5 heteroatoms. The van der Waals surface area contributed by atoms with Crippen molar-refractivity contribution in [3.05, 3.63) is 11.3 Å². The Hall–Kier alpha value is -1.52. The molecule has 1 saturated carbocycles. The Kier molecular flexibility index (Phi) is 4.12. The topological polar surface area (TPSA) is 67.4 Å². The predicted molar refractivity (Wildman–Crippen MR) is 71.3 cm³/mol. The molecule has 2 rings (SSSR count). The van der Waals surface area contributed by atoms with Gasteiger partial charge in [-0.05, 0) is 39.5 Å². The SMILES string of the molecule is CC1=C(C(=O)OC(C)C)C(C2CCCC2)NC(=O)N1. The van der Waals surface area contributed by atoms with Crippen molar-refractivity contribution >= 4 is 12.0 Å². The minimum Gasteiger partial charge on any atom is -0.460 e. The van der Waals surface area contributed by atoms with Crippen molar-refractivity contribution in [2.75, 3.05) is 0 Å². The van der Waals surface area contributed by atoms with E-state index in [0.717, 1.165) is 25.7 Å². The highest BCUT2D eigenvalue weighted by atomic mass is 16.5. The van der Waals surface area contributed by atoms with Gasteiger partial charge in [0.05, 0.1) is 17.7 Å². The summed E-state index contributed by atoms with van der Waals surface area (Å²) >= 11 is 0. The Balaban J connectivity index is 2.24. The van der Waals surface area contributed by atoms with Crippen LogP contribution < -0.4 is 10.6 Å². The highest BCUT2D eigenvalue weighted by Gasteiger charge is 2.37. The van der Waals surface area contributed by atoms with Gasteiger partial charge in [0, 0.05) is 5.70 Å². The lowest BCUT2D eigenvalue weighted by Crippen LogP contribution is -2.52. The van der Waals surface area contributed by atoms with Crippen molar-refractivity contribution in [3.8, 4) is 0 Å². The van der Waals surface area contributed by atoms with Crippen LogP contribution in [-0.2, 0) is 9.53 Å². The third-order valence-electron chi connectivity index (χ3n) is 3.74. The van der Waals surface area contributed by atoms with Gasteiger partial charge in [-0.2, -0.15) is 0 Å². The largest absolute Gasteiger partial charge is 0.460 e. The Labute approximate surface area is 113 Å². The summed E-state index contributed by atoms with van der Waals surface area (Å²) in [5, 5.41) is 5.55. The van der Waals surface area contributed by atoms with E-state index in [-0.39, 0.29) is 24.1 Å². The van der Waals surface area contributed by atoms with Gasteiger partial charge in [0.1, 0.15) is 0 Å². The lowest BCUT2D eigenvalue weighted by atomic mass is 9.89. The molecule has 2 aliphatic rings. The van der Waals surface area contributed by atoms with Crippen molar-refractivity contribution in [2.45, 2.75) is 58.6 Å². The van der Waals surface area contributed by atoms with Crippen LogP contribution in [0.5, 0.6) is 0 Å². The van der Waals surface area contributed by atoms with E-state index < -0.39 is 0 Å². The van der Waals surface area contributed by atoms with Crippen LogP contribution in [-0.4, -0.2) is 24.1 Å². The van der Waals surface area contributed by atoms with E-state index in [4.69, 9.17) is 4.74 Å². The summed E-state index contributed by atoms with van der Waals surface area (Å²) in [6.45, 7) is 5.41. The summed E-state index contributed by atoms with van der Waals surface area (Å²) in [5.41, 5.74) is 1.20. The van der Waals surface area contributed by atoms with Crippen LogP contribution in [0.4, 0.5) is 4.79 Å². The molecule has 0 aromatic heterocycles. The summed E-state index contributed by atoms with van der Waals surface area (Å²) in [5.74, 6) is 0.0209. The van der Waals surface area contributed by atoms with Crippen LogP contribution in [0, 0.1) is 5.92 Å². The smallest absolute Gasteiger partial charge is 0.338 e. The molecule has 1 atom stereocenters. The third-order valence-corrected chi connectivity index (χ3v) is 3.74. The number of ether oxygens (including phenoxy) is 1. The van der Waals surface area contributed by atoms with Gasteiger partial charge < -0.3 is 15.4 Å². The standard InChI is InChI=1S/C14H22N2O3/c1-8(2)19-13(17)11-9(3)15-14(18)16-12(11)10-6-4-5-7-10/h8,10,12H,4-7H2,1-3H3,(H2,15,16,18). The van der Waals surface area contributed by atoms with Crippen LogP contribution in [0.1, 0.15) is 46.5 Å². The first kappa shape index (κ1) is 13.9. The van der Waals surface area contributed by atoms with Gasteiger partial charge in [0.25, 0.3) is 0 Å². The van der Waals surface area contributed by atoms with Crippen molar-refractivity contribution in [1.29, 1.82) is 0 Å². The average Bonchev–Trinajstić information content (AvgIpc) is 2.79. The maximum atomic E-state index is 12.2. The monoisotopic (exact) mass is 266 g/mol. The summed E-state index contributed by atoms with van der Waals surface area (Å²) in [7, 11) is 0. The van der Waals surface area contributed by atoms with Gasteiger partial charge in [-0.15, -0.1) is 0 Å². The van der Waals surface area contributed by atoms with Gasteiger partial charge >= 0.3 is 12.0 Å². The van der Waals surface area contributed by atoms with Gasteiger partial charge in [-0.25, -0.2) is 9.59 Å². The Bertz CT molecular complexity index is 409. The van der Waals surface area contributed by atoms with Gasteiger partial charge in [0.15, 0.2) is 0 Å². The molecule has 0 spiro atoms. The molecule has 106 valence electrons. The normalized spacial score (nSPS) is 24.4. The van der Waals surface area contributed by atoms with Crippen LogP contribution in [0.25, 0.3) is 0 Å². The van der Waals surface area contributed by atoms with Crippen molar-refractivity contribution < 1.29 is 14.3 Å². The second kappa shape index (κ2) is 5.63. The Morgan fingerprint density at radius 2 is 1.95 bits per heavy atom. The Morgan fingerprint density at radius 3 is 2.53 bits per heavy atom. The third kappa shape index (κ3) is 3.08. The van der Waals surface area contributed by atoms with E-state index >= 15 is 0 Å². The molecular weight excluding hydrogens is 244 g/mol. The first-order valence-electron chi connectivity index (χ1n) is 6.98. The molecule has 0 bridgehead atoms. The summed E-state index contributed by atoms with van der Waals surface area (Å²) < 4.78 is 5.30. The van der Waals surface area contributed by atoms with E-state index in [1.165, 1.54) is 0 Å². The fourth-order valence-electron chi connectivity index (χ4n) is 2.92. The highest BCUT2D eigenvalue weighted by molar-refractivity contribution is 5.94. The summed E-state index contributed by atoms with van der Waals surface area (Å²) in [6.07, 6.45) is 4.27. The van der Waals surface area contributed by atoms with Crippen LogP contribution in [0.15, 0.2) is 11.3 Å². The molecule has 0 aromatic rings. The zero-order valence-electron chi connectivity index (χ0n) is 11.8. The average molecular weight is 266 g/mol. The summed E-state index contributed by atoms with van der Waals surface area (Å²) in [4.78, 5) is 23.8. The first-order valence-corrected chi connectivity index (χ1v) is 6.98. The number of esters is 1. The number of hydrogen-bond acceptors (Lipinski definition) is 3. The van der Waals surface area contributed by atoms with E-state index in [2.05, 4.69) is 10.6 Å². The fraction of sp³-hybridized carbons (Fsp3) is 0.714. The van der Waals surface area contributed by atoms with Crippen LogP contribution >= 0.6 is 0 Å². The van der Waals surface area contributed by atoms with Gasteiger partial charge in [-0.1, -0.05) is 12.8 Å². The van der Waals surface area contributed by atoms with Crippen molar-refractivity contribution in [1.82, 2.24) is 10.6 Å². The number of amides is 2. The molecule has 2 amide bonds. The zero-order chi connectivity index (χ0) is 14.0. The quantitative estimate of drug-likeness (QED) is 0.769. The lowest BCUT2D eigenvalue weighted by molar-refractivity contribution is -0.143. The molecular formula is C14H22N2O3. The molecule has 1 unspecified atom stereocenters. The molecule has 1 heterocycles. The summed E-state index contributed by atoms with van der Waals surface area (Å²) in [6, 6.07) is -0.432. The second-order valence-corrected chi connectivity index (χ2v) is 5.61. The number of carbonyl (C=O) groups excluding carboxylic acids is 2. The maximum Gasteiger partial charge on any atom is 0.338 e. The lowest BCUT2D eigenvalue weighted by Gasteiger charge is -2.32. The molecule has 1 aliphatic heterocycles. The van der Waals surface area contributed by atoms with E-state index in [1.807, 2.05) is 13.8 Å². The maximum absolute atomic E-state index is 12.2. The molecule has 1 aliphatic carbocycles. The van der Waals surface area contributed by atoms with Crippen molar-refractivity contribution in [2.24, 2.45) is 5.92 Å². The molecule has 1 fully saturated rings. The molecule has 2 N–H and O–H groups in total. The van der Waals surface area contributed by atoms with E-state index in [9.17, 15) is 9.59 Å². The number of nitrogens with one attached hydrogen (secondary N) is 2. The highest BCUT2D eigenvalue weighted by Crippen LogP contribution is 2.33. The molecule has 0 aromatic carbocycles. The van der Waals surface area contributed by atoms with Crippen LogP contribution in [0.2, 0.25) is 0 Å². The number of allylic oxidation sites excluding steroid dienone is 1. The molecule has 5 nitrogen and oxygen atoms in total. The molecule has 0 radical (unpaired) electrons. The minimum atomic E-state index is -0.322. The minimum absolute atomic E-state index is 0.158. The number of hydrogen-bond donors (Lipinski definition) is 2. The fourth-order valence-corrected chi connectivity index (χ4v) is 2.92. The molecule has 19 heavy (non-hydrogen) atoms.